The Morgan fingerprint density at radius 3 is 2.73 bits per heavy atom. The number of likely N-dealkylation sites (tertiary alicyclic amines) is 1. The Morgan fingerprint density at radius 2 is 2.12 bits per heavy atom. The minimum Gasteiger partial charge on any atom is -0.357 e. The van der Waals surface area contributed by atoms with Crippen molar-refractivity contribution >= 4 is 41.3 Å². The Bertz CT molecular complexity index is 638. The normalized spacial score (nSPS) is 21.3. The highest BCUT2D eigenvalue weighted by Gasteiger charge is 2.34. The maximum atomic E-state index is 12.6. The van der Waals surface area contributed by atoms with E-state index in [1.807, 2.05) is 6.92 Å². The van der Waals surface area contributed by atoms with Gasteiger partial charge in [-0.1, -0.05) is 12.2 Å². The predicted molar refractivity (Wildman–Crippen MR) is 108 cm³/mol. The minimum absolute atomic E-state index is 0. The van der Waals surface area contributed by atoms with E-state index in [1.54, 1.807) is 0 Å². The van der Waals surface area contributed by atoms with Crippen LogP contribution in [0.1, 0.15) is 24.0 Å². The van der Waals surface area contributed by atoms with Crippen LogP contribution < -0.4 is 5.32 Å². The number of aromatic nitrogens is 1. The van der Waals surface area contributed by atoms with E-state index in [2.05, 4.69) is 37.2 Å². The maximum Gasteiger partial charge on any atom is 0.434 e. The molecule has 146 valence electrons. The molecule has 2 aliphatic rings. The first-order valence-corrected chi connectivity index (χ1v) is 9.29. The standard InChI is InChI=1S/C16H22F3N5S.HI/c1-2-20-15(21-9-14-22-13(11-25-14)16(17,18)19)24-8-5-12(10-24)23-6-3-4-7-23;/h3-4,11-12H,2,5-10H2,1H3,(H,20,21);1H. The average molecular weight is 501 g/mol. The summed E-state index contributed by atoms with van der Waals surface area (Å²) in [6, 6.07) is 0.496. The number of halogens is 4. The summed E-state index contributed by atoms with van der Waals surface area (Å²) in [7, 11) is 0. The van der Waals surface area contributed by atoms with Gasteiger partial charge in [0.25, 0.3) is 0 Å². The number of nitrogens with one attached hydrogen (secondary N) is 1. The van der Waals surface area contributed by atoms with Gasteiger partial charge in [0.1, 0.15) is 5.01 Å². The number of hydrogen-bond acceptors (Lipinski definition) is 4. The van der Waals surface area contributed by atoms with Crippen LogP contribution in [0.3, 0.4) is 0 Å². The molecule has 1 N–H and O–H groups in total. The second-order valence-corrected chi connectivity index (χ2v) is 7.05. The van der Waals surface area contributed by atoms with E-state index in [0.717, 1.165) is 61.8 Å². The van der Waals surface area contributed by atoms with E-state index < -0.39 is 11.9 Å². The molecular formula is C16H23F3IN5S. The molecule has 1 aromatic rings. The summed E-state index contributed by atoms with van der Waals surface area (Å²) in [6.07, 6.45) is 1.04. The Morgan fingerprint density at radius 1 is 1.38 bits per heavy atom. The summed E-state index contributed by atoms with van der Waals surface area (Å²) < 4.78 is 37.9. The molecule has 1 aromatic heterocycles. The van der Waals surface area contributed by atoms with E-state index in [9.17, 15) is 13.2 Å². The molecule has 1 fully saturated rings. The Hall–Kier alpha value is -0.880. The molecule has 0 saturated carbocycles. The molecular weight excluding hydrogens is 478 g/mol. The molecule has 2 aliphatic heterocycles. The molecule has 0 amide bonds. The van der Waals surface area contributed by atoms with Crippen molar-refractivity contribution < 1.29 is 13.2 Å². The molecule has 10 heteroatoms. The minimum atomic E-state index is -4.39. The zero-order chi connectivity index (χ0) is 17.9. The number of alkyl halides is 3. The van der Waals surface area contributed by atoms with Gasteiger partial charge < -0.3 is 10.2 Å². The van der Waals surface area contributed by atoms with Crippen molar-refractivity contribution in [3.63, 3.8) is 0 Å². The van der Waals surface area contributed by atoms with E-state index in [0.29, 0.717) is 11.0 Å². The van der Waals surface area contributed by atoms with Gasteiger partial charge in [-0.3, -0.25) is 4.90 Å². The molecule has 0 aromatic carbocycles. The van der Waals surface area contributed by atoms with Crippen molar-refractivity contribution in [2.75, 3.05) is 32.7 Å². The SMILES string of the molecule is CCNC(=NCc1nc(C(F)(F)F)cs1)N1CCC(N2CC=CC2)C1.I. The third-order valence-corrected chi connectivity index (χ3v) is 5.20. The van der Waals surface area contributed by atoms with Crippen LogP contribution in [0.25, 0.3) is 0 Å². The fourth-order valence-corrected chi connectivity index (χ4v) is 3.83. The van der Waals surface area contributed by atoms with Gasteiger partial charge in [0.05, 0.1) is 6.54 Å². The first-order chi connectivity index (χ1) is 12.0. The summed E-state index contributed by atoms with van der Waals surface area (Å²) in [4.78, 5) is 12.8. The van der Waals surface area contributed by atoms with Crippen molar-refractivity contribution in [2.24, 2.45) is 4.99 Å². The van der Waals surface area contributed by atoms with Crippen molar-refractivity contribution in [3.05, 3.63) is 28.2 Å². The second kappa shape index (κ2) is 9.36. The molecule has 1 unspecified atom stereocenters. The largest absolute Gasteiger partial charge is 0.434 e. The van der Waals surface area contributed by atoms with Gasteiger partial charge >= 0.3 is 6.18 Å². The summed E-state index contributed by atoms with van der Waals surface area (Å²) in [5, 5.41) is 4.66. The van der Waals surface area contributed by atoms with Crippen molar-refractivity contribution in [1.82, 2.24) is 20.1 Å². The molecule has 0 radical (unpaired) electrons. The molecule has 0 aliphatic carbocycles. The molecule has 1 atom stereocenters. The van der Waals surface area contributed by atoms with Crippen molar-refractivity contribution in [3.8, 4) is 0 Å². The van der Waals surface area contributed by atoms with Crippen LogP contribution in [-0.2, 0) is 12.7 Å². The molecule has 0 spiro atoms. The lowest BCUT2D eigenvalue weighted by Gasteiger charge is -2.25. The van der Waals surface area contributed by atoms with Gasteiger partial charge in [0.15, 0.2) is 11.7 Å². The summed E-state index contributed by atoms with van der Waals surface area (Å²) in [5.41, 5.74) is -0.838. The first kappa shape index (κ1) is 21.4. The highest BCUT2D eigenvalue weighted by atomic mass is 127. The van der Waals surface area contributed by atoms with Gasteiger partial charge in [0, 0.05) is 44.1 Å². The van der Waals surface area contributed by atoms with E-state index in [1.165, 1.54) is 0 Å². The summed E-state index contributed by atoms with van der Waals surface area (Å²) >= 11 is 0.999. The van der Waals surface area contributed by atoms with Crippen LogP contribution in [0.4, 0.5) is 13.2 Å². The molecule has 26 heavy (non-hydrogen) atoms. The molecule has 3 rings (SSSR count). The van der Waals surface area contributed by atoms with Crippen LogP contribution >= 0.6 is 35.3 Å². The third-order valence-electron chi connectivity index (χ3n) is 4.37. The van der Waals surface area contributed by atoms with Crippen LogP contribution in [0.5, 0.6) is 0 Å². The number of guanidine groups is 1. The molecule has 3 heterocycles. The van der Waals surface area contributed by atoms with E-state index >= 15 is 0 Å². The maximum absolute atomic E-state index is 12.6. The fraction of sp³-hybridized carbons (Fsp3) is 0.625. The Balaban J connectivity index is 0.00000243. The lowest BCUT2D eigenvalue weighted by atomic mass is 10.2. The Kier molecular flexibility index (Phi) is 7.71. The lowest BCUT2D eigenvalue weighted by molar-refractivity contribution is -0.140. The van der Waals surface area contributed by atoms with Gasteiger partial charge in [-0.05, 0) is 13.3 Å². The lowest BCUT2D eigenvalue weighted by Crippen LogP contribution is -2.42. The topological polar surface area (TPSA) is 43.8 Å². The van der Waals surface area contributed by atoms with Crippen LogP contribution in [0, 0.1) is 0 Å². The summed E-state index contributed by atoms with van der Waals surface area (Å²) in [5.74, 6) is 0.751. The summed E-state index contributed by atoms with van der Waals surface area (Å²) in [6.45, 7) is 6.64. The number of hydrogen-bond donors (Lipinski definition) is 1. The number of nitrogens with zero attached hydrogens (tertiary/aromatic N) is 4. The van der Waals surface area contributed by atoms with E-state index in [4.69, 9.17) is 0 Å². The predicted octanol–water partition coefficient (Wildman–Crippen LogP) is 3.19. The second-order valence-electron chi connectivity index (χ2n) is 6.11. The highest BCUT2D eigenvalue weighted by molar-refractivity contribution is 14.0. The van der Waals surface area contributed by atoms with Gasteiger partial charge in [-0.25, -0.2) is 9.98 Å². The number of rotatable bonds is 4. The number of thiazole rings is 1. The van der Waals surface area contributed by atoms with Gasteiger partial charge in [-0.2, -0.15) is 13.2 Å². The van der Waals surface area contributed by atoms with Crippen LogP contribution in [0.2, 0.25) is 0 Å². The van der Waals surface area contributed by atoms with Crippen LogP contribution in [-0.4, -0.2) is 59.5 Å². The molecule has 5 nitrogen and oxygen atoms in total. The van der Waals surface area contributed by atoms with Gasteiger partial charge in [-0.15, -0.1) is 35.3 Å². The fourth-order valence-electron chi connectivity index (χ4n) is 3.11. The third kappa shape index (κ3) is 5.32. The number of aliphatic imine (C=N–C) groups is 1. The first-order valence-electron chi connectivity index (χ1n) is 8.41. The highest BCUT2D eigenvalue weighted by Crippen LogP contribution is 2.30. The van der Waals surface area contributed by atoms with Crippen molar-refractivity contribution in [1.29, 1.82) is 0 Å². The quantitative estimate of drug-likeness (QED) is 0.298. The van der Waals surface area contributed by atoms with Gasteiger partial charge in [0.2, 0.25) is 0 Å². The molecule has 0 bridgehead atoms. The van der Waals surface area contributed by atoms with Crippen LogP contribution in [0.15, 0.2) is 22.5 Å². The molecule has 1 saturated heterocycles. The van der Waals surface area contributed by atoms with Crippen molar-refractivity contribution in [2.45, 2.75) is 32.1 Å². The zero-order valence-electron chi connectivity index (χ0n) is 14.5. The monoisotopic (exact) mass is 501 g/mol. The Labute approximate surface area is 172 Å². The average Bonchev–Trinajstić information content (AvgIpc) is 3.31. The van der Waals surface area contributed by atoms with E-state index in [-0.39, 0.29) is 30.5 Å². The zero-order valence-corrected chi connectivity index (χ0v) is 17.6. The smallest absolute Gasteiger partial charge is 0.357 e.